The van der Waals surface area contributed by atoms with Gasteiger partial charge in [-0.25, -0.2) is 4.79 Å². The summed E-state index contributed by atoms with van der Waals surface area (Å²) in [5.74, 6) is 0.273. The Kier molecular flexibility index (Phi) is 9.06. The number of aliphatic imine (C=N–C) groups is 1. The predicted molar refractivity (Wildman–Crippen MR) is 175 cm³/mol. The molecule has 1 saturated heterocycles. The van der Waals surface area contributed by atoms with Crippen LogP contribution in [0.15, 0.2) is 17.1 Å². The van der Waals surface area contributed by atoms with E-state index in [0.29, 0.717) is 43.9 Å². The van der Waals surface area contributed by atoms with Gasteiger partial charge in [-0.15, -0.1) is 0 Å². The molecular weight excluding hydrogens is 620 g/mol. The van der Waals surface area contributed by atoms with Crippen LogP contribution >= 0.6 is 0 Å². The zero-order valence-electron chi connectivity index (χ0n) is 27.8. The van der Waals surface area contributed by atoms with Crippen LogP contribution in [0.5, 0.6) is 11.5 Å². The summed E-state index contributed by atoms with van der Waals surface area (Å²) in [6.07, 6.45) is 3.66. The van der Waals surface area contributed by atoms with Gasteiger partial charge in [0.25, 0.3) is 0 Å². The Hall–Kier alpha value is -3.95. The molecule has 3 amide bonds. The molecule has 3 fully saturated rings. The van der Waals surface area contributed by atoms with Crippen molar-refractivity contribution in [3.05, 3.63) is 23.3 Å². The standard InChI is InChI=1S/C33H48N8O7/c1-40(14-13-37-29(44)21(39-25(43)17-34)4-3-12-38-30(35)36)31(45)47-23-8-7-20-16-24-33(46)10-9-22(42)28-32(33,26(20)27(23)48-28)11-15-41(24,2)18-19-5-6-19/h7-8,19,21,24,28,46H,3-6,9-18,34H2,1-2H3,(H5-,35,36,37,38,39,43,44)/p+1/t21-,24?,28-,32-,33+,41-/m0/s1. The van der Waals surface area contributed by atoms with Gasteiger partial charge in [0, 0.05) is 57.4 Å². The van der Waals surface area contributed by atoms with Crippen molar-refractivity contribution in [2.75, 3.05) is 53.4 Å². The third kappa shape index (κ3) is 5.85. The second-order valence-corrected chi connectivity index (χ2v) is 14.4. The average molecular weight is 670 g/mol. The fourth-order valence-corrected chi connectivity index (χ4v) is 8.77. The number of carbonyl (C=O) groups excluding carboxylic acids is 4. The summed E-state index contributed by atoms with van der Waals surface area (Å²) in [5, 5.41) is 18.0. The molecule has 1 unspecified atom stereocenters. The van der Waals surface area contributed by atoms with E-state index in [4.69, 9.17) is 26.7 Å². The first kappa shape index (κ1) is 33.9. The van der Waals surface area contributed by atoms with Crippen LogP contribution < -0.4 is 37.3 Å². The number of ketones is 1. The Labute approximate surface area is 280 Å². The van der Waals surface area contributed by atoms with Crippen LogP contribution in [-0.2, 0) is 26.2 Å². The van der Waals surface area contributed by atoms with Gasteiger partial charge < -0.3 is 51.8 Å². The number of ether oxygens (including phenoxy) is 2. The first-order chi connectivity index (χ1) is 22.8. The highest BCUT2D eigenvalue weighted by atomic mass is 16.6. The first-order valence-corrected chi connectivity index (χ1v) is 17.0. The minimum Gasteiger partial charge on any atom is -0.477 e. The molecule has 2 bridgehead atoms. The number of Topliss-reactive ketones (excluding diaryl/α,β-unsaturated/α-hetero) is 1. The predicted octanol–water partition coefficient (Wildman–Crippen LogP) is -0.992. The largest absolute Gasteiger partial charge is 0.477 e. The van der Waals surface area contributed by atoms with E-state index in [1.54, 1.807) is 13.1 Å². The Morgan fingerprint density at radius 1 is 1.25 bits per heavy atom. The number of benzene rings is 1. The Morgan fingerprint density at radius 3 is 2.73 bits per heavy atom. The Balaban J connectivity index is 1.13. The summed E-state index contributed by atoms with van der Waals surface area (Å²) in [7, 11) is 3.81. The van der Waals surface area contributed by atoms with Crippen molar-refractivity contribution in [2.45, 2.75) is 80.6 Å². The van der Waals surface area contributed by atoms with E-state index in [9.17, 15) is 24.3 Å². The summed E-state index contributed by atoms with van der Waals surface area (Å²) >= 11 is 0. The van der Waals surface area contributed by atoms with E-state index in [0.717, 1.165) is 28.7 Å². The number of likely N-dealkylation sites (N-methyl/N-ethyl adjacent to an activating group) is 2. The number of nitrogens with one attached hydrogen (secondary N) is 2. The normalized spacial score (nSPS) is 30.0. The van der Waals surface area contributed by atoms with E-state index >= 15 is 0 Å². The quantitative estimate of drug-likeness (QED) is 0.0651. The molecule has 5 aliphatic rings. The van der Waals surface area contributed by atoms with E-state index in [-0.39, 0.29) is 56.0 Å². The van der Waals surface area contributed by atoms with Gasteiger partial charge in [0.2, 0.25) is 11.8 Å². The minimum atomic E-state index is -1.10. The van der Waals surface area contributed by atoms with Crippen molar-refractivity contribution < 1.29 is 38.2 Å². The van der Waals surface area contributed by atoms with Gasteiger partial charge in [-0.2, -0.15) is 0 Å². The Bertz CT molecular complexity index is 1510. The molecule has 2 heterocycles. The number of nitrogens with zero attached hydrogens (tertiary/aromatic N) is 3. The van der Waals surface area contributed by atoms with Gasteiger partial charge in [-0.3, -0.25) is 19.4 Å². The van der Waals surface area contributed by atoms with Gasteiger partial charge in [0.05, 0.1) is 32.1 Å². The fourth-order valence-electron chi connectivity index (χ4n) is 8.77. The van der Waals surface area contributed by atoms with Crippen LogP contribution in [0.4, 0.5) is 4.79 Å². The van der Waals surface area contributed by atoms with Crippen LogP contribution in [0.3, 0.4) is 0 Å². The number of carbonyl (C=O) groups is 4. The van der Waals surface area contributed by atoms with Crippen LogP contribution in [0.2, 0.25) is 0 Å². The molecule has 6 atom stereocenters. The zero-order chi connectivity index (χ0) is 34.4. The van der Waals surface area contributed by atoms with Crippen LogP contribution in [0.25, 0.3) is 0 Å². The van der Waals surface area contributed by atoms with Crippen LogP contribution in [-0.4, -0.2) is 121 Å². The Morgan fingerprint density at radius 2 is 2.02 bits per heavy atom. The van der Waals surface area contributed by atoms with E-state index in [1.807, 2.05) is 6.07 Å². The van der Waals surface area contributed by atoms with Gasteiger partial charge >= 0.3 is 6.09 Å². The second kappa shape index (κ2) is 12.8. The number of quaternary nitrogens is 1. The molecule has 9 N–H and O–H groups in total. The number of likely N-dealkylation sites (tertiary alicyclic amines) is 1. The molecule has 3 aliphatic carbocycles. The number of guanidine groups is 1. The van der Waals surface area contributed by atoms with E-state index in [2.05, 4.69) is 22.7 Å². The number of rotatable bonds is 13. The van der Waals surface area contributed by atoms with Crippen molar-refractivity contribution in [1.29, 1.82) is 0 Å². The highest BCUT2D eigenvalue weighted by Gasteiger charge is 2.76. The lowest BCUT2D eigenvalue weighted by Crippen LogP contribution is -2.80. The number of hydrogen-bond acceptors (Lipinski definition) is 9. The van der Waals surface area contributed by atoms with Crippen LogP contribution in [0, 0.1) is 5.92 Å². The zero-order valence-corrected chi connectivity index (χ0v) is 27.8. The van der Waals surface area contributed by atoms with Crippen molar-refractivity contribution >= 4 is 29.7 Å². The monoisotopic (exact) mass is 669 g/mol. The van der Waals surface area contributed by atoms with Crippen molar-refractivity contribution in [2.24, 2.45) is 28.1 Å². The van der Waals surface area contributed by atoms with Crippen molar-refractivity contribution in [3.8, 4) is 11.5 Å². The van der Waals surface area contributed by atoms with Crippen molar-refractivity contribution in [3.63, 3.8) is 0 Å². The number of hydrogen-bond donors (Lipinski definition) is 6. The fraction of sp³-hybridized carbons (Fsp3) is 0.667. The smallest absolute Gasteiger partial charge is 0.415 e. The molecule has 1 spiro atoms. The molecule has 2 aliphatic heterocycles. The maximum absolute atomic E-state index is 13.4. The molecule has 6 rings (SSSR count). The molecule has 0 radical (unpaired) electrons. The molecule has 48 heavy (non-hydrogen) atoms. The second-order valence-electron chi connectivity index (χ2n) is 14.4. The van der Waals surface area contributed by atoms with Gasteiger partial charge in [0.15, 0.2) is 29.3 Å². The molecule has 15 nitrogen and oxygen atoms in total. The molecular formula is C33H49N8O7+. The molecule has 262 valence electrons. The molecule has 1 aromatic rings. The lowest BCUT2D eigenvalue weighted by Gasteiger charge is -2.64. The third-order valence-corrected chi connectivity index (χ3v) is 11.3. The third-order valence-electron chi connectivity index (χ3n) is 11.3. The summed E-state index contributed by atoms with van der Waals surface area (Å²) in [4.78, 5) is 56.6. The molecule has 2 saturated carbocycles. The maximum atomic E-state index is 13.4. The summed E-state index contributed by atoms with van der Waals surface area (Å²) < 4.78 is 13.1. The summed E-state index contributed by atoms with van der Waals surface area (Å²) in [5.41, 5.74) is 16.0. The van der Waals surface area contributed by atoms with E-state index < -0.39 is 41.1 Å². The number of nitrogens with two attached hydrogens (primary N) is 3. The number of aliphatic hydroxyl groups is 1. The summed E-state index contributed by atoms with van der Waals surface area (Å²) in [6, 6.07) is 2.79. The van der Waals surface area contributed by atoms with Gasteiger partial charge in [-0.05, 0) is 43.7 Å². The highest BCUT2D eigenvalue weighted by Crippen LogP contribution is 2.66. The lowest BCUT2D eigenvalue weighted by atomic mass is 9.48. The SMILES string of the molecule is CN(CCNC(=O)[C@H](CCCN=C(N)N)NC(=O)CN)C(=O)Oc1ccc2c3c1O[C@H]1C(=O)CC[C@@]4(O)C(C2)[N@+](C)(CC2CC2)CC[C@]314. The topological polar surface area (TPSA) is 225 Å². The van der Waals surface area contributed by atoms with Crippen molar-refractivity contribution in [1.82, 2.24) is 15.5 Å². The van der Waals surface area contributed by atoms with Gasteiger partial charge in [0.1, 0.15) is 17.7 Å². The lowest BCUT2D eigenvalue weighted by molar-refractivity contribution is -0.950. The first-order valence-electron chi connectivity index (χ1n) is 17.0. The van der Waals surface area contributed by atoms with Gasteiger partial charge in [-0.1, -0.05) is 6.07 Å². The highest BCUT2D eigenvalue weighted by molar-refractivity contribution is 5.90. The summed E-state index contributed by atoms with van der Waals surface area (Å²) in [6.45, 7) is 2.11. The molecule has 15 heteroatoms. The maximum Gasteiger partial charge on any atom is 0.415 e. The minimum absolute atomic E-state index is 0.0249. The molecule has 0 aromatic heterocycles. The molecule has 1 aromatic carbocycles. The van der Waals surface area contributed by atoms with E-state index in [1.165, 1.54) is 17.7 Å². The number of amides is 3. The average Bonchev–Trinajstić information content (AvgIpc) is 3.78. The number of piperidine rings is 1. The van der Waals surface area contributed by atoms with Crippen LogP contribution in [0.1, 0.15) is 56.1 Å².